The molecule has 98 valence electrons. The Balaban J connectivity index is 2.33. The Morgan fingerprint density at radius 1 is 1.41 bits per heavy atom. The Morgan fingerprint density at radius 3 is 2.53 bits per heavy atom. The van der Waals surface area contributed by atoms with Crippen molar-refractivity contribution in [3.63, 3.8) is 0 Å². The highest BCUT2D eigenvalue weighted by atomic mass is 16.5. The van der Waals surface area contributed by atoms with Gasteiger partial charge >= 0.3 is 0 Å². The molecule has 0 spiro atoms. The summed E-state index contributed by atoms with van der Waals surface area (Å²) in [5.74, 6) is -0.589. The van der Waals surface area contributed by atoms with Gasteiger partial charge in [-0.3, -0.25) is 9.59 Å². The summed E-state index contributed by atoms with van der Waals surface area (Å²) in [7, 11) is 0. The molecule has 7 nitrogen and oxygen atoms in total. The van der Waals surface area contributed by atoms with E-state index in [1.54, 1.807) is 11.8 Å². The number of nitrogens with zero attached hydrogens (tertiary/aromatic N) is 1. The Hall–Kier alpha value is -1.18. The summed E-state index contributed by atoms with van der Waals surface area (Å²) in [5.41, 5.74) is 10.5. The fraction of sp³-hybridized carbons (Fsp3) is 0.800. The first-order chi connectivity index (χ1) is 8.02. The maximum Gasteiger partial charge on any atom is 0.239 e. The quantitative estimate of drug-likeness (QED) is 0.501. The number of morpholine rings is 1. The van der Waals surface area contributed by atoms with Crippen LogP contribution in [0.5, 0.6) is 0 Å². The Labute approximate surface area is 100 Å². The zero-order valence-electron chi connectivity index (χ0n) is 10.0. The molecule has 0 aromatic carbocycles. The second kappa shape index (κ2) is 6.53. The van der Waals surface area contributed by atoms with Crippen LogP contribution in [0.2, 0.25) is 0 Å². The van der Waals surface area contributed by atoms with E-state index in [1.165, 1.54) is 0 Å². The van der Waals surface area contributed by atoms with Crippen molar-refractivity contribution in [1.29, 1.82) is 0 Å². The first kappa shape index (κ1) is 13.9. The minimum Gasteiger partial charge on any atom is -0.378 e. The number of nitrogens with two attached hydrogens (primary N) is 2. The zero-order chi connectivity index (χ0) is 12.8. The largest absolute Gasteiger partial charge is 0.378 e. The standard InChI is InChI=1S/C10H20N4O3/c1-7(13-6-8(11)9(12)15)10(16)14-2-4-17-5-3-14/h7-8,13H,2-6,11H2,1H3,(H2,12,15). The fourth-order valence-corrected chi connectivity index (χ4v) is 1.55. The van der Waals surface area contributed by atoms with E-state index in [1.807, 2.05) is 0 Å². The highest BCUT2D eigenvalue weighted by Gasteiger charge is 2.22. The van der Waals surface area contributed by atoms with Gasteiger partial charge in [-0.05, 0) is 6.92 Å². The molecule has 1 saturated heterocycles. The molecule has 5 N–H and O–H groups in total. The van der Waals surface area contributed by atoms with Gasteiger partial charge in [0.15, 0.2) is 0 Å². The average molecular weight is 244 g/mol. The van der Waals surface area contributed by atoms with Crippen LogP contribution in [0.1, 0.15) is 6.92 Å². The van der Waals surface area contributed by atoms with E-state index in [0.29, 0.717) is 26.3 Å². The van der Waals surface area contributed by atoms with Gasteiger partial charge in [0.2, 0.25) is 11.8 Å². The third kappa shape index (κ3) is 4.29. The van der Waals surface area contributed by atoms with Crippen molar-refractivity contribution in [3.8, 4) is 0 Å². The number of hydrogen-bond acceptors (Lipinski definition) is 5. The maximum absolute atomic E-state index is 11.9. The number of rotatable bonds is 5. The third-order valence-corrected chi connectivity index (χ3v) is 2.70. The summed E-state index contributed by atoms with van der Waals surface area (Å²) < 4.78 is 5.16. The Morgan fingerprint density at radius 2 is 2.00 bits per heavy atom. The molecule has 1 rings (SSSR count). The van der Waals surface area contributed by atoms with Gasteiger partial charge in [-0.2, -0.15) is 0 Å². The second-order valence-electron chi connectivity index (χ2n) is 4.08. The molecule has 2 atom stereocenters. The molecule has 1 aliphatic rings. The van der Waals surface area contributed by atoms with E-state index >= 15 is 0 Å². The molecule has 17 heavy (non-hydrogen) atoms. The molecule has 0 radical (unpaired) electrons. The van der Waals surface area contributed by atoms with Crippen molar-refractivity contribution >= 4 is 11.8 Å². The fourth-order valence-electron chi connectivity index (χ4n) is 1.55. The van der Waals surface area contributed by atoms with Crippen LogP contribution in [0.15, 0.2) is 0 Å². The van der Waals surface area contributed by atoms with Gasteiger partial charge in [-0.1, -0.05) is 0 Å². The van der Waals surface area contributed by atoms with E-state index in [9.17, 15) is 9.59 Å². The molecule has 0 aromatic heterocycles. The summed E-state index contributed by atoms with van der Waals surface area (Å²) in [6, 6.07) is -1.14. The van der Waals surface area contributed by atoms with Gasteiger partial charge in [-0.25, -0.2) is 0 Å². The summed E-state index contributed by atoms with van der Waals surface area (Å²) in [4.78, 5) is 24.4. The molecule has 0 aliphatic carbocycles. The SMILES string of the molecule is CC(NCC(N)C(N)=O)C(=O)N1CCOCC1. The number of ether oxygens (including phenoxy) is 1. The van der Waals surface area contributed by atoms with Gasteiger partial charge in [0.25, 0.3) is 0 Å². The summed E-state index contributed by atoms with van der Waals surface area (Å²) >= 11 is 0. The van der Waals surface area contributed by atoms with Gasteiger partial charge in [-0.15, -0.1) is 0 Å². The lowest BCUT2D eigenvalue weighted by molar-refractivity contribution is -0.137. The highest BCUT2D eigenvalue weighted by molar-refractivity contribution is 5.82. The van der Waals surface area contributed by atoms with E-state index in [2.05, 4.69) is 5.32 Å². The Kier molecular flexibility index (Phi) is 5.33. The maximum atomic E-state index is 11.9. The number of nitrogens with one attached hydrogen (secondary N) is 1. The number of carbonyl (C=O) groups excluding carboxylic acids is 2. The predicted octanol–water partition coefficient (Wildman–Crippen LogP) is -2.36. The molecule has 1 fully saturated rings. The van der Waals surface area contributed by atoms with Crippen LogP contribution < -0.4 is 16.8 Å². The van der Waals surface area contributed by atoms with E-state index in [0.717, 1.165) is 0 Å². The van der Waals surface area contributed by atoms with Crippen LogP contribution in [-0.4, -0.2) is 61.6 Å². The van der Waals surface area contributed by atoms with Crippen molar-refractivity contribution in [2.75, 3.05) is 32.8 Å². The summed E-state index contributed by atoms with van der Waals surface area (Å²) in [5, 5.41) is 2.90. The molecular weight excluding hydrogens is 224 g/mol. The molecule has 0 aromatic rings. The zero-order valence-corrected chi connectivity index (χ0v) is 10.0. The van der Waals surface area contributed by atoms with Gasteiger partial charge in [0.05, 0.1) is 25.3 Å². The average Bonchev–Trinajstić information content (AvgIpc) is 2.35. The van der Waals surface area contributed by atoms with Crippen LogP contribution >= 0.6 is 0 Å². The van der Waals surface area contributed by atoms with Crippen molar-refractivity contribution < 1.29 is 14.3 Å². The Bertz CT molecular complexity index is 279. The summed E-state index contributed by atoms with van der Waals surface area (Å²) in [6.45, 7) is 4.29. The minimum atomic E-state index is -0.769. The highest BCUT2D eigenvalue weighted by Crippen LogP contribution is 2.00. The van der Waals surface area contributed by atoms with Gasteiger partial charge in [0, 0.05) is 19.6 Å². The number of primary amides is 1. The molecular formula is C10H20N4O3. The van der Waals surface area contributed by atoms with Gasteiger partial charge in [0.1, 0.15) is 0 Å². The third-order valence-electron chi connectivity index (χ3n) is 2.70. The van der Waals surface area contributed by atoms with Crippen LogP contribution in [0.3, 0.4) is 0 Å². The molecule has 1 aliphatic heterocycles. The smallest absolute Gasteiger partial charge is 0.239 e. The molecule has 2 amide bonds. The number of amides is 2. The molecule has 2 unspecified atom stereocenters. The lowest BCUT2D eigenvalue weighted by atomic mass is 10.2. The topological polar surface area (TPSA) is 111 Å². The minimum absolute atomic E-state index is 0.00929. The van der Waals surface area contributed by atoms with Crippen molar-refractivity contribution in [2.24, 2.45) is 11.5 Å². The first-order valence-electron chi connectivity index (χ1n) is 5.67. The normalized spacial score (nSPS) is 19.8. The number of carbonyl (C=O) groups is 2. The van der Waals surface area contributed by atoms with Crippen LogP contribution in [0, 0.1) is 0 Å². The predicted molar refractivity (Wildman–Crippen MR) is 62.0 cm³/mol. The van der Waals surface area contributed by atoms with E-state index in [4.69, 9.17) is 16.2 Å². The van der Waals surface area contributed by atoms with Gasteiger partial charge < -0.3 is 26.4 Å². The van der Waals surface area contributed by atoms with Crippen molar-refractivity contribution in [3.05, 3.63) is 0 Å². The lowest BCUT2D eigenvalue weighted by Crippen LogP contribution is -2.53. The van der Waals surface area contributed by atoms with Crippen LogP contribution in [0.25, 0.3) is 0 Å². The van der Waals surface area contributed by atoms with Crippen molar-refractivity contribution in [2.45, 2.75) is 19.0 Å². The van der Waals surface area contributed by atoms with E-state index < -0.39 is 11.9 Å². The monoisotopic (exact) mass is 244 g/mol. The second-order valence-corrected chi connectivity index (χ2v) is 4.08. The first-order valence-corrected chi connectivity index (χ1v) is 5.67. The molecule has 0 bridgehead atoms. The molecule has 0 saturated carbocycles. The lowest BCUT2D eigenvalue weighted by Gasteiger charge is -2.29. The summed E-state index contributed by atoms with van der Waals surface area (Å²) in [6.07, 6.45) is 0. The van der Waals surface area contributed by atoms with Crippen LogP contribution in [-0.2, 0) is 14.3 Å². The molecule has 7 heteroatoms. The van der Waals surface area contributed by atoms with Crippen molar-refractivity contribution in [1.82, 2.24) is 10.2 Å². The van der Waals surface area contributed by atoms with Crippen LogP contribution in [0.4, 0.5) is 0 Å². The number of hydrogen-bond donors (Lipinski definition) is 3. The van der Waals surface area contributed by atoms with E-state index in [-0.39, 0.29) is 18.5 Å². The molecule has 1 heterocycles.